The van der Waals surface area contributed by atoms with E-state index < -0.39 is 17.7 Å². The zero-order valence-electron chi connectivity index (χ0n) is 16.2. The van der Waals surface area contributed by atoms with E-state index in [9.17, 15) is 9.59 Å². The number of carbonyl (C=O) groups excluding carboxylic acids is 2. The zero-order valence-corrected chi connectivity index (χ0v) is 16.2. The molecule has 0 N–H and O–H groups in total. The third kappa shape index (κ3) is 4.43. The van der Waals surface area contributed by atoms with Crippen molar-refractivity contribution in [3.05, 3.63) is 59.7 Å². The maximum atomic E-state index is 12.4. The Kier molecular flexibility index (Phi) is 5.26. The van der Waals surface area contributed by atoms with E-state index in [0.717, 1.165) is 9.95 Å². The Labute approximate surface area is 162 Å². The van der Waals surface area contributed by atoms with Crippen LogP contribution in [0, 0.1) is 0 Å². The van der Waals surface area contributed by atoms with Gasteiger partial charge in [-0.05, 0) is 62.7 Å². The third-order valence-electron chi connectivity index (χ3n) is 3.76. The van der Waals surface area contributed by atoms with Gasteiger partial charge in [0.2, 0.25) is 0 Å². The van der Waals surface area contributed by atoms with Gasteiger partial charge in [-0.2, -0.15) is 0 Å². The third-order valence-corrected chi connectivity index (χ3v) is 3.76. The molecule has 0 atom stereocenters. The van der Waals surface area contributed by atoms with Crippen LogP contribution < -0.4 is 0 Å². The fourth-order valence-corrected chi connectivity index (χ4v) is 2.54. The van der Waals surface area contributed by atoms with Crippen LogP contribution >= 0.6 is 0 Å². The van der Waals surface area contributed by atoms with Gasteiger partial charge in [-0.15, -0.1) is 0 Å². The lowest BCUT2D eigenvalue weighted by Gasteiger charge is -2.20. The number of rotatable bonds is 3. The highest BCUT2D eigenvalue weighted by Gasteiger charge is 2.23. The fourth-order valence-electron chi connectivity index (χ4n) is 2.54. The molecule has 0 spiro atoms. The highest BCUT2D eigenvalue weighted by Crippen LogP contribution is 2.17. The highest BCUT2D eigenvalue weighted by atomic mass is 16.6. The Bertz CT molecular complexity index is 1060. The molecule has 0 bridgehead atoms. The summed E-state index contributed by atoms with van der Waals surface area (Å²) >= 11 is 0. The van der Waals surface area contributed by atoms with Crippen molar-refractivity contribution in [2.24, 2.45) is 0 Å². The van der Waals surface area contributed by atoms with Gasteiger partial charge in [0.1, 0.15) is 11.3 Å². The van der Waals surface area contributed by atoms with Crippen molar-refractivity contribution < 1.29 is 19.1 Å². The van der Waals surface area contributed by atoms with Crippen LogP contribution in [0.4, 0.5) is 4.79 Å². The Hall–Kier alpha value is -3.48. The van der Waals surface area contributed by atoms with Gasteiger partial charge in [0.25, 0.3) is 0 Å². The van der Waals surface area contributed by atoms with Crippen LogP contribution in [-0.4, -0.2) is 39.3 Å². The number of hydrogen-bond acceptors (Lipinski definition) is 6. The highest BCUT2D eigenvalue weighted by molar-refractivity contribution is 5.93. The first-order valence-corrected chi connectivity index (χ1v) is 8.71. The van der Waals surface area contributed by atoms with Crippen LogP contribution in [0.1, 0.15) is 42.5 Å². The van der Waals surface area contributed by atoms with E-state index in [2.05, 4.69) is 9.97 Å². The topological polar surface area (TPSA) is 83.3 Å². The second kappa shape index (κ2) is 7.64. The summed E-state index contributed by atoms with van der Waals surface area (Å²) in [4.78, 5) is 33.2. The maximum absolute atomic E-state index is 12.4. The van der Waals surface area contributed by atoms with E-state index in [1.54, 1.807) is 45.2 Å². The van der Waals surface area contributed by atoms with Crippen LogP contribution in [0.5, 0.6) is 0 Å². The number of methoxy groups -OCH3 is 1. The lowest BCUT2D eigenvalue weighted by Crippen LogP contribution is -2.28. The molecule has 3 heterocycles. The first kappa shape index (κ1) is 19.3. The van der Waals surface area contributed by atoms with E-state index in [4.69, 9.17) is 9.47 Å². The number of carbonyl (C=O) groups is 2. The molecule has 144 valence electrons. The number of hydrogen-bond donors (Lipinski definition) is 0. The zero-order chi connectivity index (χ0) is 20.3. The molecule has 0 amide bonds. The molecule has 0 unspecified atom stereocenters. The lowest BCUT2D eigenvalue weighted by molar-refractivity contribution is 0.0483. The molecular weight excluding hydrogens is 358 g/mol. The summed E-state index contributed by atoms with van der Waals surface area (Å²) < 4.78 is 11.3. The minimum absolute atomic E-state index is 0.0875. The molecule has 0 aliphatic rings. The Morgan fingerprint density at radius 2 is 1.93 bits per heavy atom. The second-order valence-electron chi connectivity index (χ2n) is 7.12. The van der Waals surface area contributed by atoms with E-state index in [1.165, 1.54) is 13.3 Å². The Morgan fingerprint density at radius 3 is 2.64 bits per heavy atom. The number of fused-ring (bicyclic) bond motifs is 1. The van der Waals surface area contributed by atoms with Crippen LogP contribution in [0.2, 0.25) is 0 Å². The summed E-state index contributed by atoms with van der Waals surface area (Å²) in [7, 11) is 1.26. The summed E-state index contributed by atoms with van der Waals surface area (Å²) in [5.41, 5.74) is 1.38. The molecule has 7 heteroatoms. The number of pyridine rings is 2. The van der Waals surface area contributed by atoms with Crippen LogP contribution in [0.25, 0.3) is 23.2 Å². The van der Waals surface area contributed by atoms with Crippen molar-refractivity contribution in [3.8, 4) is 0 Å². The normalized spacial score (nSPS) is 11.7. The largest absolute Gasteiger partial charge is 0.464 e. The molecule has 0 fully saturated rings. The van der Waals surface area contributed by atoms with Gasteiger partial charge in [0, 0.05) is 17.8 Å². The minimum atomic E-state index is -0.688. The Morgan fingerprint density at radius 1 is 1.14 bits per heavy atom. The number of aromatic nitrogens is 3. The molecular formula is C21H21N3O4. The van der Waals surface area contributed by atoms with E-state index >= 15 is 0 Å². The minimum Gasteiger partial charge on any atom is -0.464 e. The van der Waals surface area contributed by atoms with Gasteiger partial charge in [0.15, 0.2) is 5.65 Å². The molecule has 3 aromatic rings. The van der Waals surface area contributed by atoms with Crippen LogP contribution in [0.3, 0.4) is 0 Å². The molecule has 0 aliphatic carbocycles. The molecule has 0 radical (unpaired) electrons. The van der Waals surface area contributed by atoms with Gasteiger partial charge in [-0.1, -0.05) is 6.08 Å². The van der Waals surface area contributed by atoms with Crippen LogP contribution in [0.15, 0.2) is 42.7 Å². The molecule has 28 heavy (non-hydrogen) atoms. The number of nitrogens with zero attached hydrogens (tertiary/aromatic N) is 3. The summed E-state index contributed by atoms with van der Waals surface area (Å²) in [5, 5.41) is 0.948. The molecule has 0 aliphatic heterocycles. The molecule has 0 aromatic carbocycles. The molecule has 3 rings (SSSR count). The average Bonchev–Trinajstić information content (AvgIpc) is 3.09. The van der Waals surface area contributed by atoms with Crippen molar-refractivity contribution in [2.75, 3.05) is 7.11 Å². The van der Waals surface area contributed by atoms with Crippen molar-refractivity contribution in [1.82, 2.24) is 14.5 Å². The first-order chi connectivity index (χ1) is 13.3. The summed E-state index contributed by atoms with van der Waals surface area (Å²) in [5.74, 6) is -0.626. The van der Waals surface area contributed by atoms with Crippen molar-refractivity contribution >= 4 is 35.2 Å². The SMILES string of the molecule is COC(=O)c1cc(/C=C/c2ccc3cccnc3n2)cn1C(=O)OC(C)(C)C. The van der Waals surface area contributed by atoms with Gasteiger partial charge in [-0.3, -0.25) is 0 Å². The maximum Gasteiger partial charge on any atom is 0.419 e. The van der Waals surface area contributed by atoms with Crippen molar-refractivity contribution in [1.29, 1.82) is 0 Å². The number of esters is 1. The summed E-state index contributed by atoms with van der Waals surface area (Å²) in [6.07, 6.45) is 6.09. The summed E-state index contributed by atoms with van der Waals surface area (Å²) in [6.45, 7) is 5.27. The quantitative estimate of drug-likeness (QED) is 0.635. The first-order valence-electron chi connectivity index (χ1n) is 8.71. The summed E-state index contributed by atoms with van der Waals surface area (Å²) in [6, 6.07) is 9.15. The molecule has 3 aromatic heterocycles. The standard InChI is InChI=1S/C21H21N3O4/c1-21(2,3)28-20(26)24-13-14(12-17(24)19(25)27-4)7-9-16-10-8-15-6-5-11-22-18(15)23-16/h5-13H,1-4H3/b9-7+. The molecule has 7 nitrogen and oxygen atoms in total. The van der Waals surface area contributed by atoms with Crippen molar-refractivity contribution in [2.45, 2.75) is 26.4 Å². The van der Waals surface area contributed by atoms with E-state index in [0.29, 0.717) is 16.9 Å². The predicted molar refractivity (Wildman–Crippen MR) is 106 cm³/mol. The molecule has 0 saturated heterocycles. The van der Waals surface area contributed by atoms with Gasteiger partial charge in [-0.25, -0.2) is 24.1 Å². The monoisotopic (exact) mass is 379 g/mol. The van der Waals surface area contributed by atoms with E-state index in [1.807, 2.05) is 24.3 Å². The van der Waals surface area contributed by atoms with Gasteiger partial charge in [0.05, 0.1) is 12.8 Å². The average molecular weight is 379 g/mol. The van der Waals surface area contributed by atoms with Gasteiger partial charge < -0.3 is 9.47 Å². The molecule has 0 saturated carbocycles. The Balaban J connectivity index is 1.91. The second-order valence-corrected chi connectivity index (χ2v) is 7.12. The number of ether oxygens (including phenoxy) is 2. The fraction of sp³-hybridized carbons (Fsp3) is 0.238. The smallest absolute Gasteiger partial charge is 0.419 e. The van der Waals surface area contributed by atoms with Crippen LogP contribution in [-0.2, 0) is 9.47 Å². The predicted octanol–water partition coefficient (Wildman–Crippen LogP) is 4.17. The van der Waals surface area contributed by atoms with Crippen molar-refractivity contribution in [3.63, 3.8) is 0 Å². The lowest BCUT2D eigenvalue weighted by atomic mass is 10.2. The van der Waals surface area contributed by atoms with Gasteiger partial charge >= 0.3 is 12.1 Å². The van der Waals surface area contributed by atoms with E-state index in [-0.39, 0.29) is 5.69 Å².